The van der Waals surface area contributed by atoms with Crippen LogP contribution >= 0.6 is 45.2 Å². The summed E-state index contributed by atoms with van der Waals surface area (Å²) in [6.45, 7) is 0.326. The monoisotopic (exact) mass is 454 g/mol. The summed E-state index contributed by atoms with van der Waals surface area (Å²) in [5.41, 5.74) is 0. The van der Waals surface area contributed by atoms with Gasteiger partial charge in [-0.25, -0.2) is 0 Å². The van der Waals surface area contributed by atoms with Crippen LogP contribution in [0, 0.1) is 0 Å². The van der Waals surface area contributed by atoms with E-state index in [-0.39, 0.29) is 25.2 Å². The van der Waals surface area contributed by atoms with Crippen molar-refractivity contribution in [1.29, 1.82) is 0 Å². The molecule has 0 bridgehead atoms. The number of esters is 2. The molecule has 6 heteroatoms. The first-order valence-electron chi connectivity index (χ1n) is 5.14. The maximum Gasteiger partial charge on any atom is 0.305 e. The fraction of sp³-hybridized carbons (Fsp3) is 0.800. The van der Waals surface area contributed by atoms with Crippen molar-refractivity contribution in [3.8, 4) is 0 Å². The molecule has 0 aliphatic rings. The topological polar surface area (TPSA) is 52.6 Å². The lowest BCUT2D eigenvalue weighted by Crippen LogP contribution is -2.13. The van der Waals surface area contributed by atoms with E-state index in [1.165, 1.54) is 0 Å². The van der Waals surface area contributed by atoms with E-state index in [9.17, 15) is 9.59 Å². The van der Waals surface area contributed by atoms with Crippen molar-refractivity contribution in [2.75, 3.05) is 22.1 Å². The molecular weight excluding hydrogens is 438 g/mol. The summed E-state index contributed by atoms with van der Waals surface area (Å²) in [7, 11) is 0. The quantitative estimate of drug-likeness (QED) is 0.233. The van der Waals surface area contributed by atoms with Gasteiger partial charge >= 0.3 is 11.9 Å². The highest BCUT2D eigenvalue weighted by Gasteiger charge is 2.04. The standard InChI is InChI=1S/C10H16I2O4/c11-5-1-3-9(13)15-7-8-16-10(14)4-2-6-12/h1-8H2. The van der Waals surface area contributed by atoms with E-state index in [1.54, 1.807) is 0 Å². The van der Waals surface area contributed by atoms with Gasteiger partial charge < -0.3 is 9.47 Å². The molecule has 0 fully saturated rings. The Balaban J connectivity index is 3.31. The summed E-state index contributed by atoms with van der Waals surface area (Å²) in [5, 5.41) is 0. The largest absolute Gasteiger partial charge is 0.462 e. The first-order valence-corrected chi connectivity index (χ1v) is 8.19. The van der Waals surface area contributed by atoms with Crippen LogP contribution in [0.4, 0.5) is 0 Å². The summed E-state index contributed by atoms with van der Waals surface area (Å²) < 4.78 is 11.6. The van der Waals surface area contributed by atoms with Gasteiger partial charge in [0.1, 0.15) is 13.2 Å². The minimum Gasteiger partial charge on any atom is -0.462 e. The fourth-order valence-electron chi connectivity index (χ4n) is 0.878. The molecule has 0 aromatic heterocycles. The summed E-state index contributed by atoms with van der Waals surface area (Å²) in [6.07, 6.45) is 2.53. The number of carbonyl (C=O) groups is 2. The fourth-order valence-corrected chi connectivity index (χ4v) is 1.64. The Labute approximate surface area is 123 Å². The molecule has 16 heavy (non-hydrogen) atoms. The summed E-state index contributed by atoms with van der Waals surface area (Å²) >= 11 is 4.42. The lowest BCUT2D eigenvalue weighted by atomic mass is 10.3. The van der Waals surface area contributed by atoms with Gasteiger partial charge in [-0.3, -0.25) is 9.59 Å². The van der Waals surface area contributed by atoms with E-state index >= 15 is 0 Å². The minimum atomic E-state index is -0.222. The van der Waals surface area contributed by atoms with E-state index in [1.807, 2.05) is 0 Å². The van der Waals surface area contributed by atoms with Crippen molar-refractivity contribution in [1.82, 2.24) is 0 Å². The Morgan fingerprint density at radius 1 is 0.812 bits per heavy atom. The number of rotatable bonds is 9. The van der Waals surface area contributed by atoms with E-state index in [4.69, 9.17) is 9.47 Å². The maximum atomic E-state index is 11.1. The molecule has 94 valence electrons. The maximum absolute atomic E-state index is 11.1. The van der Waals surface area contributed by atoms with Crippen LogP contribution in [-0.4, -0.2) is 34.0 Å². The summed E-state index contributed by atoms with van der Waals surface area (Å²) in [6, 6.07) is 0. The molecule has 0 atom stereocenters. The van der Waals surface area contributed by atoms with Gasteiger partial charge in [0.2, 0.25) is 0 Å². The normalized spacial score (nSPS) is 9.88. The number of hydrogen-bond acceptors (Lipinski definition) is 4. The number of carbonyl (C=O) groups excluding carboxylic acids is 2. The van der Waals surface area contributed by atoms with Crippen molar-refractivity contribution in [2.24, 2.45) is 0 Å². The zero-order valence-corrected chi connectivity index (χ0v) is 13.4. The first-order chi connectivity index (χ1) is 7.70. The molecule has 0 aliphatic heterocycles. The average Bonchev–Trinajstić information content (AvgIpc) is 2.29. The smallest absolute Gasteiger partial charge is 0.305 e. The highest BCUT2D eigenvalue weighted by Crippen LogP contribution is 1.98. The predicted octanol–water partition coefficient (Wildman–Crippen LogP) is 2.50. The van der Waals surface area contributed by atoms with Crippen molar-refractivity contribution in [3.63, 3.8) is 0 Å². The Morgan fingerprint density at radius 2 is 1.19 bits per heavy atom. The Bertz CT molecular complexity index is 187. The van der Waals surface area contributed by atoms with Gasteiger partial charge in [0.15, 0.2) is 0 Å². The molecule has 0 radical (unpaired) electrons. The van der Waals surface area contributed by atoms with Crippen LogP contribution in [0.15, 0.2) is 0 Å². The van der Waals surface area contributed by atoms with Gasteiger partial charge in [-0.1, -0.05) is 45.2 Å². The highest BCUT2D eigenvalue weighted by molar-refractivity contribution is 14.1. The van der Waals surface area contributed by atoms with Crippen molar-refractivity contribution in [2.45, 2.75) is 25.7 Å². The molecule has 0 heterocycles. The second kappa shape index (κ2) is 11.9. The van der Waals surface area contributed by atoms with Crippen LogP contribution in [0.25, 0.3) is 0 Å². The van der Waals surface area contributed by atoms with Crippen molar-refractivity contribution >= 4 is 57.1 Å². The van der Waals surface area contributed by atoms with Crippen LogP contribution in [0.3, 0.4) is 0 Å². The van der Waals surface area contributed by atoms with Gasteiger partial charge in [0.05, 0.1) is 0 Å². The molecule has 0 aliphatic carbocycles. The molecule has 4 nitrogen and oxygen atoms in total. The molecule has 0 unspecified atom stereocenters. The van der Waals surface area contributed by atoms with Crippen molar-refractivity contribution < 1.29 is 19.1 Å². The van der Waals surface area contributed by atoms with E-state index in [2.05, 4.69) is 45.2 Å². The SMILES string of the molecule is O=C(CCCI)OCCOC(=O)CCCI. The predicted molar refractivity (Wildman–Crippen MR) is 78.2 cm³/mol. The Hall–Kier alpha value is 0.400. The number of halogens is 2. The Morgan fingerprint density at radius 3 is 1.50 bits per heavy atom. The van der Waals surface area contributed by atoms with Gasteiger partial charge in [-0.05, 0) is 12.8 Å². The van der Waals surface area contributed by atoms with Crippen LogP contribution < -0.4 is 0 Å². The van der Waals surface area contributed by atoms with Gasteiger partial charge in [0.25, 0.3) is 0 Å². The molecule has 0 N–H and O–H groups in total. The van der Waals surface area contributed by atoms with Crippen LogP contribution in [0.2, 0.25) is 0 Å². The second-order valence-corrected chi connectivity index (χ2v) is 5.18. The lowest BCUT2D eigenvalue weighted by molar-refractivity contribution is -0.152. The van der Waals surface area contributed by atoms with Crippen LogP contribution in [-0.2, 0) is 19.1 Å². The molecule has 0 saturated carbocycles. The number of alkyl halides is 2. The first kappa shape index (κ1) is 16.4. The van der Waals surface area contributed by atoms with Gasteiger partial charge in [-0.15, -0.1) is 0 Å². The van der Waals surface area contributed by atoms with E-state index in [0.29, 0.717) is 12.8 Å². The molecule has 0 saturated heterocycles. The third kappa shape index (κ3) is 10.9. The molecule has 0 amide bonds. The average molecular weight is 454 g/mol. The van der Waals surface area contributed by atoms with Gasteiger partial charge in [-0.2, -0.15) is 0 Å². The molecule has 0 spiro atoms. The molecular formula is C10H16I2O4. The summed E-state index contributed by atoms with van der Waals surface area (Å²) in [4.78, 5) is 22.1. The van der Waals surface area contributed by atoms with Crippen LogP contribution in [0.5, 0.6) is 0 Å². The van der Waals surface area contributed by atoms with Crippen molar-refractivity contribution in [3.05, 3.63) is 0 Å². The van der Waals surface area contributed by atoms with E-state index in [0.717, 1.165) is 21.7 Å². The zero-order chi connectivity index (χ0) is 12.2. The lowest BCUT2D eigenvalue weighted by Gasteiger charge is -2.05. The third-order valence-electron chi connectivity index (χ3n) is 1.64. The summed E-state index contributed by atoms with van der Waals surface area (Å²) in [5.74, 6) is -0.444. The Kier molecular flexibility index (Phi) is 12.2. The van der Waals surface area contributed by atoms with Gasteiger partial charge in [0, 0.05) is 21.7 Å². The molecule has 0 rings (SSSR count). The minimum absolute atomic E-state index is 0.163. The molecule has 0 aromatic carbocycles. The number of ether oxygens (including phenoxy) is 2. The molecule has 0 aromatic rings. The zero-order valence-electron chi connectivity index (χ0n) is 9.05. The number of hydrogen-bond donors (Lipinski definition) is 0. The highest BCUT2D eigenvalue weighted by atomic mass is 127. The van der Waals surface area contributed by atoms with Crippen LogP contribution in [0.1, 0.15) is 25.7 Å². The second-order valence-electron chi connectivity index (χ2n) is 3.03. The van der Waals surface area contributed by atoms with E-state index < -0.39 is 0 Å². The third-order valence-corrected chi connectivity index (χ3v) is 3.16.